The molecule has 154 valence electrons. The van der Waals surface area contributed by atoms with E-state index in [0.29, 0.717) is 43.9 Å². The van der Waals surface area contributed by atoms with Gasteiger partial charge in [-0.05, 0) is 12.1 Å². The number of carbonyl (C=O) groups excluding carboxylic acids is 2. The summed E-state index contributed by atoms with van der Waals surface area (Å²) < 4.78 is 1.62. The predicted molar refractivity (Wildman–Crippen MR) is 110 cm³/mol. The maximum Gasteiger partial charge on any atom is 0.228 e. The number of amides is 2. The summed E-state index contributed by atoms with van der Waals surface area (Å²) in [5.41, 5.74) is 2.20. The van der Waals surface area contributed by atoms with Crippen molar-refractivity contribution in [3.63, 3.8) is 0 Å². The van der Waals surface area contributed by atoms with Gasteiger partial charge in [-0.2, -0.15) is 0 Å². The topological polar surface area (TPSA) is 100 Å². The number of para-hydroxylation sites is 1. The lowest BCUT2D eigenvalue weighted by molar-refractivity contribution is -0.136. The first-order valence-corrected chi connectivity index (χ1v) is 10.0. The van der Waals surface area contributed by atoms with Gasteiger partial charge in [-0.1, -0.05) is 23.4 Å². The average Bonchev–Trinajstić information content (AvgIpc) is 3.37. The van der Waals surface area contributed by atoms with Crippen LogP contribution in [0.25, 0.3) is 11.2 Å². The molecule has 2 amide bonds. The van der Waals surface area contributed by atoms with Gasteiger partial charge in [-0.25, -0.2) is 14.6 Å². The normalized spacial score (nSPS) is 19.7. The van der Waals surface area contributed by atoms with E-state index in [9.17, 15) is 9.59 Å². The highest BCUT2D eigenvalue weighted by Gasteiger charge is 2.38. The molecule has 10 nitrogen and oxygen atoms in total. The molecule has 1 aromatic carbocycles. The second-order valence-electron chi connectivity index (χ2n) is 7.64. The number of anilines is 2. The van der Waals surface area contributed by atoms with Crippen molar-refractivity contribution in [2.75, 3.05) is 42.5 Å². The van der Waals surface area contributed by atoms with Gasteiger partial charge in [0, 0.05) is 51.9 Å². The zero-order valence-corrected chi connectivity index (χ0v) is 16.7. The summed E-state index contributed by atoms with van der Waals surface area (Å²) >= 11 is 0. The van der Waals surface area contributed by atoms with Crippen molar-refractivity contribution in [2.24, 2.45) is 13.0 Å². The van der Waals surface area contributed by atoms with Gasteiger partial charge in [0.25, 0.3) is 0 Å². The molecule has 4 heterocycles. The molecular formula is C20H22N8O2. The van der Waals surface area contributed by atoms with Gasteiger partial charge in [-0.3, -0.25) is 9.59 Å². The van der Waals surface area contributed by atoms with Gasteiger partial charge in [0.05, 0.1) is 5.92 Å². The van der Waals surface area contributed by atoms with Crippen LogP contribution in [0, 0.1) is 5.92 Å². The lowest BCUT2D eigenvalue weighted by Crippen LogP contribution is -2.51. The van der Waals surface area contributed by atoms with Gasteiger partial charge < -0.3 is 14.7 Å². The Labute approximate surface area is 173 Å². The molecule has 1 atom stereocenters. The van der Waals surface area contributed by atoms with Crippen LogP contribution in [0.2, 0.25) is 0 Å². The Morgan fingerprint density at radius 2 is 1.83 bits per heavy atom. The highest BCUT2D eigenvalue weighted by atomic mass is 16.2. The first-order chi connectivity index (χ1) is 14.6. The highest BCUT2D eigenvalue weighted by Crippen LogP contribution is 2.27. The summed E-state index contributed by atoms with van der Waals surface area (Å²) in [5, 5.41) is 8.20. The van der Waals surface area contributed by atoms with E-state index < -0.39 is 0 Å². The third-order valence-corrected chi connectivity index (χ3v) is 5.80. The van der Waals surface area contributed by atoms with Crippen LogP contribution >= 0.6 is 0 Å². The first-order valence-electron chi connectivity index (χ1n) is 10.0. The fourth-order valence-electron chi connectivity index (χ4n) is 4.20. The zero-order chi connectivity index (χ0) is 20.7. The summed E-state index contributed by atoms with van der Waals surface area (Å²) in [6.45, 7) is 2.91. The minimum atomic E-state index is -0.296. The molecule has 30 heavy (non-hydrogen) atoms. The zero-order valence-electron chi connectivity index (χ0n) is 16.7. The van der Waals surface area contributed by atoms with Crippen molar-refractivity contribution >= 4 is 34.5 Å². The Hall–Kier alpha value is -3.56. The van der Waals surface area contributed by atoms with Gasteiger partial charge >= 0.3 is 0 Å². The number of rotatable bonds is 3. The van der Waals surface area contributed by atoms with Crippen LogP contribution in [0.1, 0.15) is 6.42 Å². The molecule has 10 heteroatoms. The fraction of sp³-hybridized carbons (Fsp3) is 0.400. The van der Waals surface area contributed by atoms with Crippen molar-refractivity contribution in [1.82, 2.24) is 29.9 Å². The quantitative estimate of drug-likeness (QED) is 0.623. The number of nitrogens with zero attached hydrogens (tertiary/aromatic N) is 8. The summed E-state index contributed by atoms with van der Waals surface area (Å²) in [7, 11) is 1.80. The van der Waals surface area contributed by atoms with E-state index in [1.165, 1.54) is 6.33 Å². The number of aryl methyl sites for hydroxylation is 1. The molecule has 0 spiro atoms. The largest absolute Gasteiger partial charge is 0.351 e. The maximum atomic E-state index is 13.1. The van der Waals surface area contributed by atoms with Crippen LogP contribution in [0.5, 0.6) is 0 Å². The monoisotopic (exact) mass is 406 g/mol. The average molecular weight is 406 g/mol. The predicted octanol–water partition coefficient (Wildman–Crippen LogP) is 0.460. The lowest BCUT2D eigenvalue weighted by Gasteiger charge is -2.36. The van der Waals surface area contributed by atoms with Gasteiger partial charge in [-0.15, -0.1) is 5.10 Å². The van der Waals surface area contributed by atoms with E-state index in [4.69, 9.17) is 0 Å². The number of hydrogen-bond acceptors (Lipinski definition) is 7. The van der Waals surface area contributed by atoms with Crippen LogP contribution in [0.4, 0.5) is 11.5 Å². The molecule has 0 aliphatic carbocycles. The van der Waals surface area contributed by atoms with Crippen LogP contribution in [0.15, 0.2) is 36.7 Å². The number of benzene rings is 1. The minimum Gasteiger partial charge on any atom is -0.351 e. The van der Waals surface area contributed by atoms with E-state index in [1.807, 2.05) is 35.2 Å². The molecule has 0 saturated carbocycles. The van der Waals surface area contributed by atoms with Crippen molar-refractivity contribution in [3.8, 4) is 0 Å². The maximum absolute atomic E-state index is 13.1. The van der Waals surface area contributed by atoms with Gasteiger partial charge in [0.1, 0.15) is 6.33 Å². The molecule has 2 aromatic heterocycles. The van der Waals surface area contributed by atoms with E-state index in [1.54, 1.807) is 16.6 Å². The molecule has 0 bridgehead atoms. The molecule has 3 aromatic rings. The fourth-order valence-corrected chi connectivity index (χ4v) is 4.20. The minimum absolute atomic E-state index is 0.00390. The number of aromatic nitrogens is 5. The Kier molecular flexibility index (Phi) is 4.53. The van der Waals surface area contributed by atoms with Crippen LogP contribution < -0.4 is 9.80 Å². The van der Waals surface area contributed by atoms with Gasteiger partial charge in [0.15, 0.2) is 17.0 Å². The molecule has 2 saturated heterocycles. The van der Waals surface area contributed by atoms with Crippen molar-refractivity contribution in [3.05, 3.63) is 36.7 Å². The second-order valence-corrected chi connectivity index (χ2v) is 7.64. The third-order valence-electron chi connectivity index (χ3n) is 5.80. The first kappa shape index (κ1) is 18.5. The number of carbonyl (C=O) groups is 2. The second kappa shape index (κ2) is 7.36. The number of hydrogen-bond donors (Lipinski definition) is 0. The Bertz CT molecular complexity index is 1090. The SMILES string of the molecule is Cn1nnc2c(N3CCN(C(=O)C4CC(=O)N(c5ccccc5)C4)CC3)ncnc21. The van der Waals surface area contributed by atoms with E-state index >= 15 is 0 Å². The van der Waals surface area contributed by atoms with E-state index in [0.717, 1.165) is 11.5 Å². The van der Waals surface area contributed by atoms with Crippen molar-refractivity contribution < 1.29 is 9.59 Å². The molecule has 2 aliphatic rings. The lowest BCUT2D eigenvalue weighted by atomic mass is 10.1. The Balaban J connectivity index is 1.25. The summed E-state index contributed by atoms with van der Waals surface area (Å²) in [6.07, 6.45) is 1.78. The third kappa shape index (κ3) is 3.14. The standard InChI is InChI=1S/C20H22N8O2/c1-25-18-17(23-24-25)19(22-13-21-18)26-7-9-27(10-8-26)20(30)14-11-16(29)28(12-14)15-5-3-2-4-6-15/h2-6,13-14H,7-12H2,1H3. The van der Waals surface area contributed by atoms with Crippen LogP contribution in [-0.2, 0) is 16.6 Å². The van der Waals surface area contributed by atoms with Crippen LogP contribution in [-0.4, -0.2) is 74.4 Å². The van der Waals surface area contributed by atoms with Crippen molar-refractivity contribution in [1.29, 1.82) is 0 Å². The molecule has 5 rings (SSSR count). The molecular weight excluding hydrogens is 384 g/mol. The smallest absolute Gasteiger partial charge is 0.228 e. The Morgan fingerprint density at radius 1 is 1.07 bits per heavy atom. The molecule has 2 fully saturated rings. The molecule has 1 unspecified atom stereocenters. The number of fused-ring (bicyclic) bond motifs is 1. The van der Waals surface area contributed by atoms with E-state index in [-0.39, 0.29) is 24.2 Å². The molecule has 0 N–H and O–H groups in total. The van der Waals surface area contributed by atoms with Gasteiger partial charge in [0.2, 0.25) is 11.8 Å². The van der Waals surface area contributed by atoms with Crippen molar-refractivity contribution in [2.45, 2.75) is 6.42 Å². The summed E-state index contributed by atoms with van der Waals surface area (Å²) in [5.74, 6) is 0.500. The molecule has 0 radical (unpaired) electrons. The summed E-state index contributed by atoms with van der Waals surface area (Å²) in [6, 6.07) is 9.52. The highest BCUT2D eigenvalue weighted by molar-refractivity contribution is 6.00. The van der Waals surface area contributed by atoms with E-state index in [2.05, 4.69) is 25.2 Å². The summed E-state index contributed by atoms with van der Waals surface area (Å²) in [4.78, 5) is 39.8. The number of piperazine rings is 1. The van der Waals surface area contributed by atoms with Crippen LogP contribution in [0.3, 0.4) is 0 Å². The molecule has 2 aliphatic heterocycles. The Morgan fingerprint density at radius 3 is 2.60 bits per heavy atom.